The number of alkyl halides is 3. The zero-order chi connectivity index (χ0) is 21.2. The predicted octanol–water partition coefficient (Wildman–Crippen LogP) is 5.18. The van der Waals surface area contributed by atoms with E-state index >= 15 is 0 Å². The number of thiazole rings is 1. The van der Waals surface area contributed by atoms with E-state index in [1.807, 2.05) is 0 Å². The molecule has 0 bridgehead atoms. The van der Waals surface area contributed by atoms with Crippen LogP contribution in [0.5, 0.6) is 0 Å². The molecule has 0 radical (unpaired) electrons. The Hall–Kier alpha value is -3.20. The molecular weight excluding hydrogens is 405 g/mol. The number of hydrogen-bond donors (Lipinski definition) is 1. The molecule has 0 aliphatic heterocycles. The third-order valence-electron chi connectivity index (χ3n) is 4.04. The number of hydrogen-bond acceptors (Lipinski definition) is 5. The van der Waals surface area contributed by atoms with Gasteiger partial charge < -0.3 is 10.1 Å². The number of esters is 1. The molecule has 0 spiro atoms. The van der Waals surface area contributed by atoms with Crippen LogP contribution in [0.25, 0.3) is 10.6 Å². The highest BCUT2D eigenvalue weighted by molar-refractivity contribution is 7.17. The van der Waals surface area contributed by atoms with Gasteiger partial charge in [-0.3, -0.25) is 4.79 Å². The van der Waals surface area contributed by atoms with Crippen molar-refractivity contribution in [1.29, 1.82) is 0 Å². The Morgan fingerprint density at radius 2 is 1.72 bits per heavy atom. The number of nitrogens with zero attached hydrogens (tertiary/aromatic N) is 1. The number of amides is 1. The van der Waals surface area contributed by atoms with Crippen LogP contribution in [0.4, 0.5) is 18.9 Å². The normalized spacial score (nSPS) is 11.2. The first-order valence-corrected chi connectivity index (χ1v) is 9.16. The van der Waals surface area contributed by atoms with Gasteiger partial charge in [-0.25, -0.2) is 9.78 Å². The van der Waals surface area contributed by atoms with Crippen LogP contribution in [-0.2, 0) is 10.9 Å². The summed E-state index contributed by atoms with van der Waals surface area (Å²) in [6.45, 7) is 1.63. The van der Waals surface area contributed by atoms with Gasteiger partial charge in [-0.05, 0) is 31.2 Å². The monoisotopic (exact) mass is 420 g/mol. The molecule has 0 saturated carbocycles. The van der Waals surface area contributed by atoms with Gasteiger partial charge in [0.1, 0.15) is 9.88 Å². The molecule has 5 nitrogen and oxygen atoms in total. The van der Waals surface area contributed by atoms with Crippen LogP contribution in [0.1, 0.15) is 31.3 Å². The third kappa shape index (κ3) is 4.45. The van der Waals surface area contributed by atoms with Crippen molar-refractivity contribution < 1.29 is 27.5 Å². The first kappa shape index (κ1) is 20.5. The maximum absolute atomic E-state index is 12.7. The van der Waals surface area contributed by atoms with Crippen molar-refractivity contribution >= 4 is 28.9 Å². The van der Waals surface area contributed by atoms with Gasteiger partial charge in [-0.1, -0.05) is 24.3 Å². The SMILES string of the molecule is COC(=O)c1ccccc1NC(=O)c1sc(-c2ccc(C(F)(F)F)cc2)nc1C. The van der Waals surface area contributed by atoms with Gasteiger partial charge >= 0.3 is 12.1 Å². The number of aryl methyl sites for hydroxylation is 1. The summed E-state index contributed by atoms with van der Waals surface area (Å²) in [6.07, 6.45) is -4.42. The summed E-state index contributed by atoms with van der Waals surface area (Å²) in [5, 5.41) is 3.08. The Labute approximate surface area is 168 Å². The standard InChI is InChI=1S/C20H15F3N2O3S/c1-11-16(17(26)25-15-6-4-3-5-14(15)19(27)28-2)29-18(24-11)12-7-9-13(10-8-12)20(21,22)23/h3-10H,1-2H3,(H,25,26). The van der Waals surface area contributed by atoms with Crippen LogP contribution in [-0.4, -0.2) is 24.0 Å². The molecule has 1 N–H and O–H groups in total. The largest absolute Gasteiger partial charge is 0.465 e. The molecule has 150 valence electrons. The summed E-state index contributed by atoms with van der Waals surface area (Å²) in [6, 6.07) is 11.0. The maximum Gasteiger partial charge on any atom is 0.416 e. The summed E-state index contributed by atoms with van der Waals surface area (Å²) in [5.74, 6) is -1.07. The molecule has 3 rings (SSSR count). The van der Waals surface area contributed by atoms with E-state index in [0.717, 1.165) is 23.5 Å². The zero-order valence-electron chi connectivity index (χ0n) is 15.3. The Morgan fingerprint density at radius 3 is 2.34 bits per heavy atom. The molecule has 1 amide bonds. The van der Waals surface area contributed by atoms with Gasteiger partial charge in [-0.15, -0.1) is 11.3 Å². The van der Waals surface area contributed by atoms with Crippen LogP contribution >= 0.6 is 11.3 Å². The number of carbonyl (C=O) groups excluding carboxylic acids is 2. The fourth-order valence-corrected chi connectivity index (χ4v) is 3.56. The van der Waals surface area contributed by atoms with E-state index in [-0.39, 0.29) is 11.3 Å². The highest BCUT2D eigenvalue weighted by atomic mass is 32.1. The van der Waals surface area contributed by atoms with E-state index < -0.39 is 23.6 Å². The predicted molar refractivity (Wildman–Crippen MR) is 103 cm³/mol. The molecule has 1 heterocycles. The number of aromatic nitrogens is 1. The van der Waals surface area contributed by atoms with Gasteiger partial charge in [0.25, 0.3) is 5.91 Å². The average molecular weight is 420 g/mol. The minimum absolute atomic E-state index is 0.202. The minimum atomic E-state index is -4.42. The van der Waals surface area contributed by atoms with Gasteiger partial charge in [0.15, 0.2) is 0 Å². The van der Waals surface area contributed by atoms with Crippen molar-refractivity contribution in [3.63, 3.8) is 0 Å². The summed E-state index contributed by atoms with van der Waals surface area (Å²) in [5.41, 5.74) is 0.631. The Kier molecular flexibility index (Phi) is 5.69. The third-order valence-corrected chi connectivity index (χ3v) is 5.25. The summed E-state index contributed by atoms with van der Waals surface area (Å²) < 4.78 is 42.9. The van der Waals surface area contributed by atoms with Gasteiger partial charge in [0.05, 0.1) is 29.6 Å². The van der Waals surface area contributed by atoms with Crippen molar-refractivity contribution in [2.45, 2.75) is 13.1 Å². The van der Waals surface area contributed by atoms with E-state index in [1.54, 1.807) is 25.1 Å². The fourth-order valence-electron chi connectivity index (χ4n) is 2.59. The zero-order valence-corrected chi connectivity index (χ0v) is 16.1. The van der Waals surface area contributed by atoms with Crippen LogP contribution in [0.3, 0.4) is 0 Å². The summed E-state index contributed by atoms with van der Waals surface area (Å²) in [4.78, 5) is 29.1. The molecule has 9 heteroatoms. The summed E-state index contributed by atoms with van der Waals surface area (Å²) in [7, 11) is 1.24. The number of nitrogens with one attached hydrogen (secondary N) is 1. The molecule has 0 aliphatic carbocycles. The van der Waals surface area contributed by atoms with Gasteiger partial charge in [0, 0.05) is 5.56 Å². The molecule has 0 fully saturated rings. The van der Waals surface area contributed by atoms with Crippen molar-refractivity contribution in [2.75, 3.05) is 12.4 Å². The number of carbonyl (C=O) groups is 2. The molecule has 0 atom stereocenters. The molecule has 2 aromatic carbocycles. The quantitative estimate of drug-likeness (QED) is 0.591. The van der Waals surface area contributed by atoms with Crippen molar-refractivity contribution in [1.82, 2.24) is 4.98 Å². The number of anilines is 1. The van der Waals surface area contributed by atoms with Crippen molar-refractivity contribution in [2.24, 2.45) is 0 Å². The molecule has 0 saturated heterocycles. The number of rotatable bonds is 4. The van der Waals surface area contributed by atoms with Crippen LogP contribution in [0.2, 0.25) is 0 Å². The molecule has 1 aromatic heterocycles. The van der Waals surface area contributed by atoms with E-state index in [2.05, 4.69) is 10.3 Å². The second-order valence-corrected chi connectivity index (χ2v) is 7.00. The number of benzene rings is 2. The van der Waals surface area contributed by atoms with Gasteiger partial charge in [0.2, 0.25) is 0 Å². The number of ether oxygens (including phenoxy) is 1. The molecule has 0 aliphatic rings. The highest BCUT2D eigenvalue weighted by Crippen LogP contribution is 2.33. The maximum atomic E-state index is 12.7. The lowest BCUT2D eigenvalue weighted by molar-refractivity contribution is -0.137. The Bertz CT molecular complexity index is 1060. The molecule has 29 heavy (non-hydrogen) atoms. The summed E-state index contributed by atoms with van der Waals surface area (Å²) >= 11 is 1.05. The molecule has 0 unspecified atom stereocenters. The minimum Gasteiger partial charge on any atom is -0.465 e. The first-order valence-electron chi connectivity index (χ1n) is 8.34. The molecule has 3 aromatic rings. The average Bonchev–Trinajstić information content (AvgIpc) is 3.09. The lowest BCUT2D eigenvalue weighted by atomic mass is 10.1. The Balaban J connectivity index is 1.86. The second kappa shape index (κ2) is 8.04. The van der Waals surface area contributed by atoms with Crippen LogP contribution in [0, 0.1) is 6.92 Å². The van der Waals surface area contributed by atoms with Crippen LogP contribution in [0.15, 0.2) is 48.5 Å². The second-order valence-electron chi connectivity index (χ2n) is 6.00. The number of methoxy groups -OCH3 is 1. The number of halogens is 3. The fraction of sp³-hybridized carbons (Fsp3) is 0.150. The highest BCUT2D eigenvalue weighted by Gasteiger charge is 2.30. The van der Waals surface area contributed by atoms with Crippen molar-refractivity contribution in [3.05, 3.63) is 70.2 Å². The Morgan fingerprint density at radius 1 is 1.07 bits per heavy atom. The lowest BCUT2D eigenvalue weighted by Gasteiger charge is -2.08. The van der Waals surface area contributed by atoms with Gasteiger partial charge in [-0.2, -0.15) is 13.2 Å². The molecular formula is C20H15F3N2O3S. The van der Waals surface area contributed by atoms with E-state index in [0.29, 0.717) is 21.1 Å². The smallest absolute Gasteiger partial charge is 0.416 e. The topological polar surface area (TPSA) is 68.3 Å². The van der Waals surface area contributed by atoms with E-state index in [1.165, 1.54) is 25.3 Å². The lowest BCUT2D eigenvalue weighted by Crippen LogP contribution is -2.15. The number of para-hydroxylation sites is 1. The van der Waals surface area contributed by atoms with Crippen molar-refractivity contribution in [3.8, 4) is 10.6 Å². The van der Waals surface area contributed by atoms with Crippen LogP contribution < -0.4 is 5.32 Å². The first-order chi connectivity index (χ1) is 13.7. The van der Waals surface area contributed by atoms with E-state index in [4.69, 9.17) is 4.74 Å². The van der Waals surface area contributed by atoms with E-state index in [9.17, 15) is 22.8 Å².